The van der Waals surface area contributed by atoms with E-state index in [0.29, 0.717) is 29.4 Å². The summed E-state index contributed by atoms with van der Waals surface area (Å²) in [6, 6.07) is 13.6. The molecule has 0 aliphatic heterocycles. The van der Waals surface area contributed by atoms with Gasteiger partial charge in [0.05, 0.1) is 16.7 Å². The highest BCUT2D eigenvalue weighted by Crippen LogP contribution is 2.23. The molecule has 0 atom stereocenters. The van der Waals surface area contributed by atoms with Crippen molar-refractivity contribution in [3.63, 3.8) is 0 Å². The standard InChI is InChI=1S/C21H25Cl2NO2/c1-2-14-26-20-8-4-3-6-17(20)7-5-13-24-21(25)12-10-16-9-11-18(22)19(23)15-16/h3-4,6,8-9,11,15H,2,5,7,10,12-14H2,1H3,(H,24,25). The minimum atomic E-state index is 0.0478. The van der Waals surface area contributed by atoms with E-state index in [1.54, 1.807) is 6.07 Å². The van der Waals surface area contributed by atoms with Crippen LogP contribution < -0.4 is 10.1 Å². The number of carbonyl (C=O) groups excluding carboxylic acids is 1. The Labute approximate surface area is 165 Å². The van der Waals surface area contributed by atoms with Crippen LogP contribution in [0.1, 0.15) is 37.3 Å². The Morgan fingerprint density at radius 2 is 1.88 bits per heavy atom. The maximum atomic E-state index is 12.0. The molecular formula is C21H25Cl2NO2. The normalized spacial score (nSPS) is 10.6. The first-order valence-corrected chi connectivity index (χ1v) is 9.77. The molecule has 3 nitrogen and oxygen atoms in total. The van der Waals surface area contributed by atoms with Gasteiger partial charge in [-0.25, -0.2) is 0 Å². The van der Waals surface area contributed by atoms with Gasteiger partial charge in [0, 0.05) is 13.0 Å². The summed E-state index contributed by atoms with van der Waals surface area (Å²) in [4.78, 5) is 12.0. The molecule has 0 aliphatic carbocycles. The second-order valence-corrected chi connectivity index (χ2v) is 6.97. The van der Waals surface area contributed by atoms with Gasteiger partial charge < -0.3 is 10.1 Å². The van der Waals surface area contributed by atoms with Crippen molar-refractivity contribution in [2.45, 2.75) is 39.0 Å². The van der Waals surface area contributed by atoms with Crippen LogP contribution in [0.2, 0.25) is 10.0 Å². The van der Waals surface area contributed by atoms with E-state index in [0.717, 1.165) is 37.2 Å². The van der Waals surface area contributed by atoms with Gasteiger partial charge in [-0.05, 0) is 55.0 Å². The fraction of sp³-hybridized carbons (Fsp3) is 0.381. The van der Waals surface area contributed by atoms with Crippen LogP contribution in [-0.2, 0) is 17.6 Å². The third kappa shape index (κ3) is 6.89. The van der Waals surface area contributed by atoms with E-state index in [1.165, 1.54) is 5.56 Å². The maximum absolute atomic E-state index is 12.0. The molecule has 1 N–H and O–H groups in total. The average molecular weight is 394 g/mol. The van der Waals surface area contributed by atoms with Crippen LogP contribution in [0.4, 0.5) is 0 Å². The van der Waals surface area contributed by atoms with Crippen molar-refractivity contribution >= 4 is 29.1 Å². The van der Waals surface area contributed by atoms with E-state index in [2.05, 4.69) is 18.3 Å². The van der Waals surface area contributed by atoms with Gasteiger partial charge in [-0.3, -0.25) is 4.79 Å². The molecule has 26 heavy (non-hydrogen) atoms. The van der Waals surface area contributed by atoms with Gasteiger partial charge in [-0.15, -0.1) is 0 Å². The Balaban J connectivity index is 1.69. The van der Waals surface area contributed by atoms with E-state index < -0.39 is 0 Å². The Bertz CT molecular complexity index is 719. The highest BCUT2D eigenvalue weighted by Gasteiger charge is 2.06. The van der Waals surface area contributed by atoms with Crippen molar-refractivity contribution in [1.29, 1.82) is 0 Å². The van der Waals surface area contributed by atoms with Crippen molar-refractivity contribution in [2.75, 3.05) is 13.2 Å². The number of aryl methyl sites for hydroxylation is 2. The predicted octanol–water partition coefficient (Wildman–Crippen LogP) is 5.46. The third-order valence-corrected chi connectivity index (χ3v) is 4.74. The molecule has 1 amide bonds. The quantitative estimate of drug-likeness (QED) is 0.543. The Morgan fingerprint density at radius 1 is 1.08 bits per heavy atom. The zero-order chi connectivity index (χ0) is 18.8. The number of amides is 1. The maximum Gasteiger partial charge on any atom is 0.220 e. The summed E-state index contributed by atoms with van der Waals surface area (Å²) in [5, 5.41) is 4.03. The van der Waals surface area contributed by atoms with E-state index in [1.807, 2.05) is 30.3 Å². The second kappa shape index (κ2) is 11.1. The molecule has 0 saturated carbocycles. The fourth-order valence-corrected chi connectivity index (χ4v) is 2.93. The summed E-state index contributed by atoms with van der Waals surface area (Å²) in [6.07, 6.45) is 3.84. The molecule has 5 heteroatoms. The molecule has 2 rings (SSSR count). The average Bonchev–Trinajstić information content (AvgIpc) is 2.65. The van der Waals surface area contributed by atoms with Crippen LogP contribution in [0.15, 0.2) is 42.5 Å². The summed E-state index contributed by atoms with van der Waals surface area (Å²) in [6.45, 7) is 3.47. The lowest BCUT2D eigenvalue weighted by Gasteiger charge is -2.11. The van der Waals surface area contributed by atoms with Crippen LogP contribution in [0.3, 0.4) is 0 Å². The van der Waals surface area contributed by atoms with Gasteiger partial charge in [0.25, 0.3) is 0 Å². The lowest BCUT2D eigenvalue weighted by atomic mass is 10.1. The minimum absolute atomic E-state index is 0.0478. The largest absolute Gasteiger partial charge is 0.493 e. The molecule has 2 aromatic rings. The van der Waals surface area contributed by atoms with Gasteiger partial charge >= 0.3 is 0 Å². The highest BCUT2D eigenvalue weighted by molar-refractivity contribution is 6.42. The molecule has 0 saturated heterocycles. The Hall–Kier alpha value is -1.71. The molecule has 0 bridgehead atoms. The molecule has 0 fully saturated rings. The number of hydrogen-bond acceptors (Lipinski definition) is 2. The van der Waals surface area contributed by atoms with Gasteiger partial charge in [-0.2, -0.15) is 0 Å². The van der Waals surface area contributed by atoms with Crippen LogP contribution in [0.5, 0.6) is 5.75 Å². The van der Waals surface area contributed by atoms with Crippen LogP contribution in [-0.4, -0.2) is 19.1 Å². The number of halogens is 2. The lowest BCUT2D eigenvalue weighted by molar-refractivity contribution is -0.121. The van der Waals surface area contributed by atoms with Crippen LogP contribution in [0.25, 0.3) is 0 Å². The van der Waals surface area contributed by atoms with Crippen molar-refractivity contribution in [2.24, 2.45) is 0 Å². The summed E-state index contributed by atoms with van der Waals surface area (Å²) in [5.41, 5.74) is 2.20. The topological polar surface area (TPSA) is 38.3 Å². The number of ether oxygens (including phenoxy) is 1. The van der Waals surface area contributed by atoms with Crippen molar-refractivity contribution in [3.05, 3.63) is 63.6 Å². The summed E-state index contributed by atoms with van der Waals surface area (Å²) in [5.74, 6) is 0.992. The Kier molecular flexibility index (Phi) is 8.79. The lowest BCUT2D eigenvalue weighted by Crippen LogP contribution is -2.25. The fourth-order valence-electron chi connectivity index (χ4n) is 2.61. The number of nitrogens with one attached hydrogen (secondary N) is 1. The van der Waals surface area contributed by atoms with E-state index >= 15 is 0 Å². The molecule has 0 aliphatic rings. The zero-order valence-corrected chi connectivity index (χ0v) is 16.6. The number of para-hydroxylation sites is 1. The highest BCUT2D eigenvalue weighted by atomic mass is 35.5. The van der Waals surface area contributed by atoms with E-state index in [-0.39, 0.29) is 5.91 Å². The predicted molar refractivity (Wildman–Crippen MR) is 108 cm³/mol. The molecule has 0 unspecified atom stereocenters. The zero-order valence-electron chi connectivity index (χ0n) is 15.1. The molecule has 2 aromatic carbocycles. The van der Waals surface area contributed by atoms with E-state index in [9.17, 15) is 4.79 Å². The number of hydrogen-bond donors (Lipinski definition) is 1. The second-order valence-electron chi connectivity index (χ2n) is 6.16. The van der Waals surface area contributed by atoms with Gasteiger partial charge in [0.1, 0.15) is 5.75 Å². The first-order valence-electron chi connectivity index (χ1n) is 9.01. The minimum Gasteiger partial charge on any atom is -0.493 e. The summed E-state index contributed by atoms with van der Waals surface area (Å²) >= 11 is 11.9. The number of rotatable bonds is 10. The molecule has 0 heterocycles. The number of carbonyl (C=O) groups is 1. The van der Waals surface area contributed by atoms with Crippen molar-refractivity contribution in [1.82, 2.24) is 5.32 Å². The van der Waals surface area contributed by atoms with Crippen molar-refractivity contribution in [3.8, 4) is 5.75 Å². The summed E-state index contributed by atoms with van der Waals surface area (Å²) in [7, 11) is 0. The SMILES string of the molecule is CCCOc1ccccc1CCCNC(=O)CCc1ccc(Cl)c(Cl)c1. The third-order valence-electron chi connectivity index (χ3n) is 4.00. The van der Waals surface area contributed by atoms with E-state index in [4.69, 9.17) is 27.9 Å². The van der Waals surface area contributed by atoms with Gasteiger partial charge in [0.15, 0.2) is 0 Å². The molecule has 0 aromatic heterocycles. The first-order chi connectivity index (χ1) is 12.6. The van der Waals surface area contributed by atoms with Gasteiger partial charge in [0.2, 0.25) is 5.91 Å². The molecular weight excluding hydrogens is 369 g/mol. The van der Waals surface area contributed by atoms with Crippen LogP contribution in [0, 0.1) is 0 Å². The summed E-state index contributed by atoms with van der Waals surface area (Å²) < 4.78 is 5.76. The van der Waals surface area contributed by atoms with Gasteiger partial charge in [-0.1, -0.05) is 54.4 Å². The monoisotopic (exact) mass is 393 g/mol. The molecule has 0 spiro atoms. The Morgan fingerprint density at radius 3 is 2.65 bits per heavy atom. The molecule has 0 radical (unpaired) electrons. The van der Waals surface area contributed by atoms with Crippen LogP contribution >= 0.6 is 23.2 Å². The first kappa shape index (κ1) is 20.6. The van der Waals surface area contributed by atoms with Crippen molar-refractivity contribution < 1.29 is 9.53 Å². The number of benzene rings is 2. The molecule has 140 valence electrons. The smallest absolute Gasteiger partial charge is 0.220 e.